The highest BCUT2D eigenvalue weighted by atomic mass is 16.6. The minimum atomic E-state index is -0.461. The molecule has 3 N–H and O–H groups in total. The van der Waals surface area contributed by atoms with Crippen LogP contribution in [0.4, 0.5) is 5.69 Å². The first-order chi connectivity index (χ1) is 9.02. The lowest BCUT2D eigenvalue weighted by Gasteiger charge is -2.28. The highest BCUT2D eigenvalue weighted by molar-refractivity contribution is 5.54. The number of nitro groups is 1. The number of aromatic hydroxyl groups is 1. The summed E-state index contributed by atoms with van der Waals surface area (Å²) >= 11 is 0. The van der Waals surface area contributed by atoms with E-state index in [9.17, 15) is 15.2 Å². The Kier molecular flexibility index (Phi) is 4.04. The van der Waals surface area contributed by atoms with Crippen molar-refractivity contribution in [2.24, 2.45) is 11.7 Å². The highest BCUT2D eigenvalue weighted by Gasteiger charge is 2.30. The van der Waals surface area contributed by atoms with E-state index in [4.69, 9.17) is 5.73 Å². The van der Waals surface area contributed by atoms with Gasteiger partial charge in [-0.15, -0.1) is 0 Å². The third kappa shape index (κ3) is 2.71. The zero-order valence-electron chi connectivity index (χ0n) is 11.1. The van der Waals surface area contributed by atoms with Gasteiger partial charge < -0.3 is 10.8 Å². The molecule has 1 fully saturated rings. The predicted octanol–water partition coefficient (Wildman–Crippen LogP) is 3.19. The molecule has 1 aliphatic carbocycles. The molecule has 0 spiro atoms. The Morgan fingerprint density at radius 1 is 1.37 bits per heavy atom. The first-order valence-electron chi connectivity index (χ1n) is 6.74. The Morgan fingerprint density at radius 2 is 2.00 bits per heavy atom. The van der Waals surface area contributed by atoms with Crippen molar-refractivity contribution >= 4 is 5.69 Å². The van der Waals surface area contributed by atoms with Crippen molar-refractivity contribution in [2.75, 3.05) is 0 Å². The number of nitrogens with zero attached hydrogens (tertiary/aromatic N) is 1. The van der Waals surface area contributed by atoms with Crippen LogP contribution in [0.5, 0.6) is 5.75 Å². The van der Waals surface area contributed by atoms with Crippen LogP contribution in [0, 0.1) is 23.0 Å². The standard InChI is InChI=1S/C14H20N2O3/c1-9-7-8-11(16(18)19)12(14(9)17)13(15)10-5-3-2-4-6-10/h7-8,10,13,17H,2-6,15H2,1H3/t13-/m0/s1. The number of benzene rings is 1. The van der Waals surface area contributed by atoms with Crippen LogP contribution in [0.15, 0.2) is 12.1 Å². The van der Waals surface area contributed by atoms with E-state index in [1.807, 2.05) is 0 Å². The molecule has 0 unspecified atom stereocenters. The van der Waals surface area contributed by atoms with Crippen molar-refractivity contribution in [3.63, 3.8) is 0 Å². The summed E-state index contributed by atoms with van der Waals surface area (Å²) < 4.78 is 0. The summed E-state index contributed by atoms with van der Waals surface area (Å²) in [6.07, 6.45) is 5.38. The first kappa shape index (κ1) is 13.8. The molecule has 0 saturated heterocycles. The predicted molar refractivity (Wildman–Crippen MR) is 73.0 cm³/mol. The molecule has 1 saturated carbocycles. The molecule has 1 aromatic rings. The molecule has 5 heteroatoms. The molecule has 0 aromatic heterocycles. The minimum absolute atomic E-state index is 0.0210. The number of phenolic OH excluding ortho intramolecular Hbond substituents is 1. The van der Waals surface area contributed by atoms with Gasteiger partial charge in [0.2, 0.25) is 0 Å². The maximum atomic E-state index is 11.1. The van der Waals surface area contributed by atoms with Crippen LogP contribution in [0.25, 0.3) is 0 Å². The van der Waals surface area contributed by atoms with Gasteiger partial charge in [-0.25, -0.2) is 0 Å². The van der Waals surface area contributed by atoms with E-state index in [0.29, 0.717) is 11.1 Å². The largest absolute Gasteiger partial charge is 0.507 e. The fourth-order valence-corrected chi connectivity index (χ4v) is 2.92. The Labute approximate surface area is 112 Å². The second kappa shape index (κ2) is 5.57. The van der Waals surface area contributed by atoms with Crippen LogP contribution in [-0.4, -0.2) is 10.0 Å². The van der Waals surface area contributed by atoms with Crippen LogP contribution in [0.1, 0.15) is 49.3 Å². The van der Waals surface area contributed by atoms with Gasteiger partial charge in [-0.3, -0.25) is 10.1 Å². The molecular formula is C14H20N2O3. The zero-order chi connectivity index (χ0) is 14.0. The van der Waals surface area contributed by atoms with E-state index in [1.165, 1.54) is 12.5 Å². The number of aryl methyl sites for hydroxylation is 1. The van der Waals surface area contributed by atoms with Crippen LogP contribution in [-0.2, 0) is 0 Å². The van der Waals surface area contributed by atoms with E-state index in [0.717, 1.165) is 25.7 Å². The van der Waals surface area contributed by atoms with Crippen molar-refractivity contribution in [3.05, 3.63) is 33.4 Å². The lowest BCUT2D eigenvalue weighted by Crippen LogP contribution is -2.24. The fraction of sp³-hybridized carbons (Fsp3) is 0.571. The van der Waals surface area contributed by atoms with Crippen molar-refractivity contribution in [1.29, 1.82) is 0 Å². The summed E-state index contributed by atoms with van der Waals surface area (Å²) in [5.74, 6) is 0.201. The Hall–Kier alpha value is -1.62. The molecule has 1 atom stereocenters. The molecule has 19 heavy (non-hydrogen) atoms. The summed E-state index contributed by atoms with van der Waals surface area (Å²) in [5.41, 5.74) is 7.08. The van der Waals surface area contributed by atoms with Gasteiger partial charge in [0.15, 0.2) is 0 Å². The van der Waals surface area contributed by atoms with Gasteiger partial charge in [0.05, 0.1) is 10.5 Å². The van der Waals surface area contributed by atoms with Crippen LogP contribution in [0.2, 0.25) is 0 Å². The zero-order valence-corrected chi connectivity index (χ0v) is 11.1. The molecule has 0 radical (unpaired) electrons. The summed E-state index contributed by atoms with van der Waals surface area (Å²) in [5, 5.41) is 21.3. The maximum Gasteiger partial charge on any atom is 0.277 e. The van der Waals surface area contributed by atoms with Gasteiger partial charge in [-0.05, 0) is 37.3 Å². The summed E-state index contributed by atoms with van der Waals surface area (Å²) in [4.78, 5) is 10.7. The van der Waals surface area contributed by atoms with Gasteiger partial charge in [-0.1, -0.05) is 19.3 Å². The van der Waals surface area contributed by atoms with Crippen LogP contribution in [0.3, 0.4) is 0 Å². The molecule has 0 amide bonds. The fourth-order valence-electron chi connectivity index (χ4n) is 2.92. The van der Waals surface area contributed by atoms with Crippen LogP contribution >= 0.6 is 0 Å². The molecule has 2 rings (SSSR count). The van der Waals surface area contributed by atoms with Gasteiger partial charge in [0.25, 0.3) is 5.69 Å². The molecular weight excluding hydrogens is 244 g/mol. The average Bonchev–Trinajstić information content (AvgIpc) is 2.41. The summed E-state index contributed by atoms with van der Waals surface area (Å²) in [7, 11) is 0. The number of hydrogen-bond donors (Lipinski definition) is 2. The Morgan fingerprint density at radius 3 is 2.58 bits per heavy atom. The quantitative estimate of drug-likeness (QED) is 0.648. The van der Waals surface area contributed by atoms with Gasteiger partial charge in [0.1, 0.15) is 5.75 Å². The number of rotatable bonds is 3. The molecule has 0 aliphatic heterocycles. The summed E-state index contributed by atoms with van der Waals surface area (Å²) in [6, 6.07) is 2.54. The topological polar surface area (TPSA) is 89.4 Å². The minimum Gasteiger partial charge on any atom is -0.507 e. The SMILES string of the molecule is Cc1ccc([N+](=O)[O-])c([C@@H](N)C2CCCCC2)c1O. The Bertz CT molecular complexity index is 482. The highest BCUT2D eigenvalue weighted by Crippen LogP contribution is 2.41. The number of nitrogens with two attached hydrogens (primary N) is 1. The second-order valence-corrected chi connectivity index (χ2v) is 5.34. The normalized spacial score (nSPS) is 18.2. The van der Waals surface area contributed by atoms with Gasteiger partial charge in [0, 0.05) is 12.1 Å². The van der Waals surface area contributed by atoms with E-state index >= 15 is 0 Å². The van der Waals surface area contributed by atoms with Gasteiger partial charge in [-0.2, -0.15) is 0 Å². The first-order valence-corrected chi connectivity index (χ1v) is 6.74. The number of nitro benzene ring substituents is 1. The lowest BCUT2D eigenvalue weighted by molar-refractivity contribution is -0.385. The average molecular weight is 264 g/mol. The Balaban J connectivity index is 2.41. The second-order valence-electron chi connectivity index (χ2n) is 5.34. The van der Waals surface area contributed by atoms with Gasteiger partial charge >= 0.3 is 0 Å². The molecule has 5 nitrogen and oxygen atoms in total. The molecule has 0 heterocycles. The molecule has 1 aromatic carbocycles. The van der Waals surface area contributed by atoms with E-state index < -0.39 is 11.0 Å². The number of phenols is 1. The third-order valence-electron chi connectivity index (χ3n) is 4.08. The molecule has 0 bridgehead atoms. The maximum absolute atomic E-state index is 11.1. The van der Waals surface area contributed by atoms with E-state index in [2.05, 4.69) is 0 Å². The van der Waals surface area contributed by atoms with E-state index in [-0.39, 0.29) is 17.4 Å². The van der Waals surface area contributed by atoms with Crippen molar-refractivity contribution in [2.45, 2.75) is 45.1 Å². The molecule has 1 aliphatic rings. The van der Waals surface area contributed by atoms with E-state index in [1.54, 1.807) is 13.0 Å². The van der Waals surface area contributed by atoms with Crippen molar-refractivity contribution < 1.29 is 10.0 Å². The monoisotopic (exact) mass is 264 g/mol. The molecule has 104 valence electrons. The lowest BCUT2D eigenvalue weighted by atomic mass is 9.80. The smallest absolute Gasteiger partial charge is 0.277 e. The van der Waals surface area contributed by atoms with Crippen molar-refractivity contribution in [1.82, 2.24) is 0 Å². The van der Waals surface area contributed by atoms with Crippen LogP contribution < -0.4 is 5.73 Å². The third-order valence-corrected chi connectivity index (χ3v) is 4.08. The number of hydrogen-bond acceptors (Lipinski definition) is 4. The summed E-state index contributed by atoms with van der Waals surface area (Å²) in [6.45, 7) is 1.73. The van der Waals surface area contributed by atoms with Crippen molar-refractivity contribution in [3.8, 4) is 5.75 Å².